The Morgan fingerprint density at radius 1 is 0.619 bits per heavy atom. The molecule has 0 bridgehead atoms. The number of hydrogen-bond acceptors (Lipinski definition) is 0. The summed E-state index contributed by atoms with van der Waals surface area (Å²) in [7, 11) is 4.84. The van der Waals surface area contributed by atoms with E-state index in [-0.39, 0.29) is 41.1 Å². The minimum atomic E-state index is 0. The quantitative estimate of drug-likeness (QED) is 0.472. The lowest BCUT2D eigenvalue weighted by Crippen LogP contribution is -2.29. The molecule has 1 aromatic carbocycles. The molecule has 0 nitrogen and oxygen atoms in total. The first kappa shape index (κ1) is 23.5. The van der Waals surface area contributed by atoms with Crippen molar-refractivity contribution in [3.63, 3.8) is 0 Å². The lowest BCUT2D eigenvalue weighted by atomic mass is 9.75. The summed E-state index contributed by atoms with van der Waals surface area (Å²) in [6, 6.07) is 4.69. The normalized spacial score (nSPS) is 12.5. The van der Waals surface area contributed by atoms with E-state index in [0.717, 1.165) is 5.30 Å². The topological polar surface area (TPSA) is 0 Å². The SMILES string of the molecule is CC(C)(C)c1cc(C(C)(C)C)c([P])c(C(C)(C)C)c1.Cl.Cl. The molecule has 0 saturated carbocycles. The first-order valence-electron chi connectivity index (χ1n) is 7.13. The zero-order valence-corrected chi connectivity index (χ0v) is 17.4. The molecule has 122 valence electrons. The predicted molar refractivity (Wildman–Crippen MR) is 104 cm³/mol. The molecule has 3 heteroatoms. The van der Waals surface area contributed by atoms with Crippen molar-refractivity contribution in [2.45, 2.75) is 78.6 Å². The number of benzene rings is 1. The van der Waals surface area contributed by atoms with Crippen LogP contribution >= 0.6 is 34.1 Å². The van der Waals surface area contributed by atoms with Gasteiger partial charge in [0.1, 0.15) is 0 Å². The van der Waals surface area contributed by atoms with E-state index in [0.29, 0.717) is 0 Å². The van der Waals surface area contributed by atoms with Crippen molar-refractivity contribution in [2.24, 2.45) is 0 Å². The van der Waals surface area contributed by atoms with E-state index in [1.54, 1.807) is 0 Å². The average Bonchev–Trinajstić information content (AvgIpc) is 2.11. The molecule has 0 aliphatic carbocycles. The molecule has 0 spiro atoms. The Morgan fingerprint density at radius 3 is 1.10 bits per heavy atom. The van der Waals surface area contributed by atoms with Crippen molar-refractivity contribution in [1.82, 2.24) is 0 Å². The molecule has 0 aliphatic rings. The Morgan fingerprint density at radius 2 is 0.905 bits per heavy atom. The Bertz CT molecular complexity index is 436. The average molecular weight is 349 g/mol. The van der Waals surface area contributed by atoms with Crippen LogP contribution < -0.4 is 5.30 Å². The van der Waals surface area contributed by atoms with E-state index in [9.17, 15) is 0 Å². The minimum absolute atomic E-state index is 0. The Hall–Kier alpha value is 0.230. The lowest BCUT2D eigenvalue weighted by molar-refractivity contribution is 0.554. The van der Waals surface area contributed by atoms with Crippen LogP contribution in [0.2, 0.25) is 0 Å². The van der Waals surface area contributed by atoms with Crippen molar-refractivity contribution >= 4 is 39.4 Å². The van der Waals surface area contributed by atoms with Gasteiger partial charge in [-0.1, -0.05) is 74.4 Å². The minimum Gasteiger partial charge on any atom is -0.147 e. The van der Waals surface area contributed by atoms with Gasteiger partial charge in [-0.3, -0.25) is 0 Å². The van der Waals surface area contributed by atoms with Crippen LogP contribution in [0.25, 0.3) is 0 Å². The smallest absolute Gasteiger partial charge is 0.00498 e. The highest BCUT2D eigenvalue weighted by atomic mass is 35.5. The summed E-state index contributed by atoms with van der Waals surface area (Å²) in [5, 5.41) is 1.16. The molecule has 21 heavy (non-hydrogen) atoms. The highest BCUT2D eigenvalue weighted by molar-refractivity contribution is 7.27. The number of hydrogen-bond donors (Lipinski definition) is 0. The van der Waals surface area contributed by atoms with Crippen LogP contribution in [0, 0.1) is 0 Å². The van der Waals surface area contributed by atoms with Gasteiger partial charge in [0.2, 0.25) is 0 Å². The fourth-order valence-electron chi connectivity index (χ4n) is 2.21. The van der Waals surface area contributed by atoms with Crippen LogP contribution in [0.5, 0.6) is 0 Å². The molecular weight excluding hydrogens is 318 g/mol. The maximum atomic E-state index is 4.84. The van der Waals surface area contributed by atoms with Gasteiger partial charge in [0, 0.05) is 0 Å². The molecule has 0 saturated heterocycles. The van der Waals surface area contributed by atoms with Crippen LogP contribution in [0.1, 0.15) is 79.0 Å². The van der Waals surface area contributed by atoms with Gasteiger partial charge in [-0.15, -0.1) is 24.8 Å². The van der Waals surface area contributed by atoms with Crippen LogP contribution in [0.15, 0.2) is 12.1 Å². The summed E-state index contributed by atoms with van der Waals surface area (Å²) in [5.74, 6) is 0. The van der Waals surface area contributed by atoms with Crippen LogP contribution in [-0.4, -0.2) is 0 Å². The van der Waals surface area contributed by atoms with Gasteiger partial charge >= 0.3 is 0 Å². The molecule has 0 N–H and O–H groups in total. The molecular formula is C18H31Cl2P. The zero-order valence-electron chi connectivity index (χ0n) is 14.9. The second kappa shape index (κ2) is 7.20. The molecule has 0 amide bonds. The largest absolute Gasteiger partial charge is 0.147 e. The van der Waals surface area contributed by atoms with E-state index in [2.05, 4.69) is 74.4 Å². The zero-order chi connectivity index (χ0) is 15.2. The number of rotatable bonds is 0. The van der Waals surface area contributed by atoms with Crippen molar-refractivity contribution in [1.29, 1.82) is 0 Å². The summed E-state index contributed by atoms with van der Waals surface area (Å²) in [6.07, 6.45) is 0. The van der Waals surface area contributed by atoms with Gasteiger partial charge in [0.15, 0.2) is 0 Å². The molecule has 0 aromatic heterocycles. The standard InChI is InChI=1S/C18H29P.2ClH/c1-16(2,3)12-10-13(17(4,5)6)15(19)14(11-12)18(7,8)9;;/h10-11H,1-9H3;2*1H. The van der Waals surface area contributed by atoms with Crippen LogP contribution in [-0.2, 0) is 16.2 Å². The van der Waals surface area contributed by atoms with Gasteiger partial charge in [-0.2, -0.15) is 0 Å². The maximum absolute atomic E-state index is 4.84. The molecule has 0 atom stereocenters. The molecule has 0 heterocycles. The summed E-state index contributed by atoms with van der Waals surface area (Å²) in [5.41, 5.74) is 4.53. The fourth-order valence-corrected chi connectivity index (χ4v) is 3.01. The Balaban J connectivity index is 0. The van der Waals surface area contributed by atoms with Gasteiger partial charge in [0.25, 0.3) is 0 Å². The second-order valence-corrected chi connectivity index (χ2v) is 9.12. The fraction of sp³-hybridized carbons (Fsp3) is 0.667. The van der Waals surface area contributed by atoms with E-state index >= 15 is 0 Å². The highest BCUT2D eigenvalue weighted by Gasteiger charge is 2.27. The lowest BCUT2D eigenvalue weighted by Gasteiger charge is -2.32. The maximum Gasteiger partial charge on any atom is -0.00498 e. The Labute approximate surface area is 146 Å². The molecule has 1 aromatic rings. The molecule has 1 rings (SSSR count). The Kier molecular flexibility index (Phi) is 8.06. The van der Waals surface area contributed by atoms with Gasteiger partial charge in [0.05, 0.1) is 0 Å². The van der Waals surface area contributed by atoms with E-state index < -0.39 is 0 Å². The van der Waals surface area contributed by atoms with Gasteiger partial charge < -0.3 is 0 Å². The predicted octanol–water partition coefficient (Wildman–Crippen LogP) is 6.46. The van der Waals surface area contributed by atoms with E-state index in [1.807, 2.05) is 0 Å². The van der Waals surface area contributed by atoms with Crippen LogP contribution in [0.4, 0.5) is 0 Å². The monoisotopic (exact) mass is 348 g/mol. The van der Waals surface area contributed by atoms with Crippen molar-refractivity contribution < 1.29 is 0 Å². The molecule has 0 aliphatic heterocycles. The second-order valence-electron chi connectivity index (χ2n) is 8.67. The van der Waals surface area contributed by atoms with Gasteiger partial charge in [-0.05, 0) is 47.5 Å². The van der Waals surface area contributed by atoms with Crippen molar-refractivity contribution in [2.75, 3.05) is 0 Å². The summed E-state index contributed by atoms with van der Waals surface area (Å²) in [6.45, 7) is 20.4. The van der Waals surface area contributed by atoms with Crippen molar-refractivity contribution in [3.8, 4) is 0 Å². The third-order valence-corrected chi connectivity index (χ3v) is 4.07. The summed E-state index contributed by atoms with van der Waals surface area (Å²) >= 11 is 0. The third kappa shape index (κ3) is 5.74. The summed E-state index contributed by atoms with van der Waals surface area (Å²) in [4.78, 5) is 0. The van der Waals surface area contributed by atoms with Gasteiger partial charge in [-0.25, -0.2) is 0 Å². The first-order valence-corrected chi connectivity index (χ1v) is 7.58. The third-order valence-electron chi connectivity index (χ3n) is 3.59. The van der Waals surface area contributed by atoms with E-state index in [1.165, 1.54) is 16.7 Å². The van der Waals surface area contributed by atoms with Crippen LogP contribution in [0.3, 0.4) is 0 Å². The molecule has 2 radical (unpaired) electrons. The van der Waals surface area contributed by atoms with E-state index in [4.69, 9.17) is 9.24 Å². The summed E-state index contributed by atoms with van der Waals surface area (Å²) < 4.78 is 0. The molecule has 0 unspecified atom stereocenters. The number of halogens is 2. The highest BCUT2D eigenvalue weighted by Crippen LogP contribution is 2.34. The van der Waals surface area contributed by atoms with Crippen molar-refractivity contribution in [3.05, 3.63) is 28.8 Å². The first-order chi connectivity index (χ1) is 8.24. The molecule has 0 fully saturated rings.